The number of urea groups is 1. The number of carbonyl (C=O) groups is 1. The molecule has 1 aromatic heterocycles. The van der Waals surface area contributed by atoms with E-state index in [1.165, 1.54) is 0 Å². The number of rotatable bonds is 2. The van der Waals surface area contributed by atoms with Crippen LogP contribution < -0.4 is 10.2 Å². The topological polar surface area (TPSA) is 61.4 Å². The molecular formula is C20H20ClN5O. The molecule has 1 aliphatic rings. The zero-order valence-electron chi connectivity index (χ0n) is 15.0. The molecule has 3 aromatic rings. The zero-order chi connectivity index (χ0) is 18.8. The fraction of sp³-hybridized carbons (Fsp3) is 0.250. The second kappa shape index (κ2) is 7.40. The Morgan fingerprint density at radius 2 is 1.70 bits per heavy atom. The van der Waals surface area contributed by atoms with Gasteiger partial charge in [0.15, 0.2) is 5.82 Å². The van der Waals surface area contributed by atoms with Crippen molar-refractivity contribution >= 4 is 34.4 Å². The standard InChI is InChI=1S/C20H20ClN5O/c1-22-20(27)26-12-10-25(11-13-26)19-15-7-3-5-9-17(15)23-18(24-19)14-6-2-4-8-16(14)21/h2-9H,10-13H2,1H3,(H,22,27). The first-order valence-electron chi connectivity index (χ1n) is 8.90. The number of anilines is 1. The highest BCUT2D eigenvalue weighted by Gasteiger charge is 2.23. The van der Waals surface area contributed by atoms with Gasteiger partial charge in [0, 0.05) is 44.2 Å². The summed E-state index contributed by atoms with van der Waals surface area (Å²) in [6, 6.07) is 15.5. The number of hydrogen-bond donors (Lipinski definition) is 1. The summed E-state index contributed by atoms with van der Waals surface area (Å²) in [4.78, 5) is 25.5. The number of nitrogens with one attached hydrogen (secondary N) is 1. The van der Waals surface area contributed by atoms with Gasteiger partial charge in [-0.2, -0.15) is 0 Å². The third kappa shape index (κ3) is 3.40. The fourth-order valence-corrected chi connectivity index (χ4v) is 3.56. The summed E-state index contributed by atoms with van der Waals surface area (Å²) in [6.07, 6.45) is 0. The number of hydrogen-bond acceptors (Lipinski definition) is 4. The van der Waals surface area contributed by atoms with Crippen molar-refractivity contribution in [1.29, 1.82) is 0 Å². The van der Waals surface area contributed by atoms with Crippen LogP contribution in [0.1, 0.15) is 0 Å². The minimum Gasteiger partial charge on any atom is -0.352 e. The number of nitrogens with zero attached hydrogens (tertiary/aromatic N) is 4. The highest BCUT2D eigenvalue weighted by Crippen LogP contribution is 2.31. The lowest BCUT2D eigenvalue weighted by molar-refractivity contribution is 0.196. The van der Waals surface area contributed by atoms with Gasteiger partial charge >= 0.3 is 6.03 Å². The molecule has 2 amide bonds. The number of fused-ring (bicyclic) bond motifs is 1. The van der Waals surface area contributed by atoms with Crippen LogP contribution in [0.3, 0.4) is 0 Å². The quantitative estimate of drug-likeness (QED) is 0.739. The smallest absolute Gasteiger partial charge is 0.317 e. The van der Waals surface area contributed by atoms with E-state index in [4.69, 9.17) is 21.6 Å². The van der Waals surface area contributed by atoms with Gasteiger partial charge in [-0.15, -0.1) is 0 Å². The normalized spacial score (nSPS) is 14.4. The van der Waals surface area contributed by atoms with Crippen molar-refractivity contribution in [3.8, 4) is 11.4 Å². The molecule has 2 aromatic carbocycles. The average Bonchev–Trinajstić information content (AvgIpc) is 2.73. The molecule has 7 heteroatoms. The SMILES string of the molecule is CNC(=O)N1CCN(c2nc(-c3ccccc3Cl)nc3ccccc23)CC1. The Hall–Kier alpha value is -2.86. The largest absolute Gasteiger partial charge is 0.352 e. The zero-order valence-corrected chi connectivity index (χ0v) is 15.8. The Morgan fingerprint density at radius 3 is 2.44 bits per heavy atom. The highest BCUT2D eigenvalue weighted by molar-refractivity contribution is 6.33. The maximum Gasteiger partial charge on any atom is 0.317 e. The minimum atomic E-state index is -0.0426. The van der Waals surface area contributed by atoms with Crippen LogP contribution in [0, 0.1) is 0 Å². The van der Waals surface area contributed by atoms with E-state index in [-0.39, 0.29) is 6.03 Å². The molecule has 0 bridgehead atoms. The monoisotopic (exact) mass is 381 g/mol. The second-order valence-corrected chi connectivity index (χ2v) is 6.80. The van der Waals surface area contributed by atoms with Crippen molar-refractivity contribution in [3.05, 3.63) is 53.6 Å². The molecule has 2 heterocycles. The molecule has 1 aliphatic heterocycles. The summed E-state index contributed by atoms with van der Waals surface area (Å²) in [6.45, 7) is 2.74. The molecule has 1 saturated heterocycles. The first-order chi connectivity index (χ1) is 13.2. The van der Waals surface area contributed by atoms with Crippen molar-refractivity contribution < 1.29 is 4.79 Å². The lowest BCUT2D eigenvalue weighted by atomic mass is 10.1. The van der Waals surface area contributed by atoms with Crippen LogP contribution in [0.2, 0.25) is 5.02 Å². The van der Waals surface area contributed by atoms with Crippen molar-refractivity contribution in [1.82, 2.24) is 20.2 Å². The molecule has 0 unspecified atom stereocenters. The van der Waals surface area contributed by atoms with E-state index in [1.807, 2.05) is 53.4 Å². The lowest BCUT2D eigenvalue weighted by Gasteiger charge is -2.35. The second-order valence-electron chi connectivity index (χ2n) is 6.40. The third-order valence-electron chi connectivity index (χ3n) is 4.78. The number of aromatic nitrogens is 2. The Kier molecular flexibility index (Phi) is 4.81. The van der Waals surface area contributed by atoms with Gasteiger partial charge in [-0.1, -0.05) is 35.9 Å². The minimum absolute atomic E-state index is 0.0426. The van der Waals surface area contributed by atoms with Gasteiger partial charge in [0.2, 0.25) is 0 Å². The first kappa shape index (κ1) is 17.5. The molecule has 0 spiro atoms. The van der Waals surface area contributed by atoms with Crippen molar-refractivity contribution in [2.45, 2.75) is 0 Å². The molecule has 1 N–H and O–H groups in total. The Bertz CT molecular complexity index is 985. The van der Waals surface area contributed by atoms with Crippen LogP contribution in [0.25, 0.3) is 22.3 Å². The van der Waals surface area contributed by atoms with Gasteiger partial charge in [-0.25, -0.2) is 14.8 Å². The lowest BCUT2D eigenvalue weighted by Crippen LogP contribution is -2.51. The van der Waals surface area contributed by atoms with Crippen molar-refractivity contribution in [2.75, 3.05) is 38.1 Å². The predicted molar refractivity (Wildman–Crippen MR) is 108 cm³/mol. The summed E-state index contributed by atoms with van der Waals surface area (Å²) in [5.41, 5.74) is 1.70. The summed E-state index contributed by atoms with van der Waals surface area (Å²) in [7, 11) is 1.66. The van der Waals surface area contributed by atoms with Gasteiger partial charge < -0.3 is 15.1 Å². The van der Waals surface area contributed by atoms with E-state index >= 15 is 0 Å². The van der Waals surface area contributed by atoms with Crippen molar-refractivity contribution in [2.24, 2.45) is 0 Å². The molecule has 0 radical (unpaired) electrons. The molecule has 6 nitrogen and oxygen atoms in total. The van der Waals surface area contributed by atoms with E-state index in [1.54, 1.807) is 7.05 Å². The Balaban J connectivity index is 1.74. The molecule has 1 fully saturated rings. The van der Waals surface area contributed by atoms with Crippen LogP contribution in [0.15, 0.2) is 48.5 Å². The van der Waals surface area contributed by atoms with Crippen LogP contribution in [-0.4, -0.2) is 54.1 Å². The van der Waals surface area contributed by atoms with Crippen LogP contribution in [0.5, 0.6) is 0 Å². The van der Waals surface area contributed by atoms with Crippen LogP contribution >= 0.6 is 11.6 Å². The van der Waals surface area contributed by atoms with E-state index < -0.39 is 0 Å². The number of piperazine rings is 1. The molecule has 0 saturated carbocycles. The summed E-state index contributed by atoms with van der Waals surface area (Å²) in [5.74, 6) is 1.50. The van der Waals surface area contributed by atoms with Gasteiger partial charge in [0.1, 0.15) is 5.82 Å². The molecule has 0 aliphatic carbocycles. The van der Waals surface area contributed by atoms with E-state index in [2.05, 4.69) is 10.2 Å². The summed E-state index contributed by atoms with van der Waals surface area (Å²) < 4.78 is 0. The number of amides is 2. The maximum atomic E-state index is 11.9. The molecular weight excluding hydrogens is 362 g/mol. The Morgan fingerprint density at radius 1 is 1.00 bits per heavy atom. The van der Waals surface area contributed by atoms with Crippen molar-refractivity contribution in [3.63, 3.8) is 0 Å². The predicted octanol–water partition coefficient (Wildman–Crippen LogP) is 3.41. The van der Waals surface area contributed by atoms with Gasteiger partial charge in [-0.05, 0) is 24.3 Å². The maximum absolute atomic E-state index is 11.9. The van der Waals surface area contributed by atoms with Gasteiger partial charge in [-0.3, -0.25) is 0 Å². The van der Waals surface area contributed by atoms with Crippen LogP contribution in [-0.2, 0) is 0 Å². The number of halogens is 1. The van der Waals surface area contributed by atoms with Crippen LogP contribution in [0.4, 0.5) is 10.6 Å². The summed E-state index contributed by atoms with van der Waals surface area (Å²) in [5, 5.41) is 4.31. The summed E-state index contributed by atoms with van der Waals surface area (Å²) >= 11 is 6.37. The number of benzene rings is 2. The average molecular weight is 382 g/mol. The third-order valence-corrected chi connectivity index (χ3v) is 5.11. The molecule has 138 valence electrons. The molecule has 27 heavy (non-hydrogen) atoms. The van der Waals surface area contributed by atoms with E-state index in [0.717, 1.165) is 35.4 Å². The van der Waals surface area contributed by atoms with E-state index in [9.17, 15) is 4.79 Å². The Labute approximate surface area is 162 Å². The molecule has 0 atom stereocenters. The molecule has 4 rings (SSSR count). The number of carbonyl (C=O) groups excluding carboxylic acids is 1. The highest BCUT2D eigenvalue weighted by atomic mass is 35.5. The fourth-order valence-electron chi connectivity index (χ4n) is 3.34. The van der Waals surface area contributed by atoms with Gasteiger partial charge in [0.25, 0.3) is 0 Å². The first-order valence-corrected chi connectivity index (χ1v) is 9.28. The van der Waals surface area contributed by atoms with Gasteiger partial charge in [0.05, 0.1) is 10.5 Å². The van der Waals surface area contributed by atoms with E-state index in [0.29, 0.717) is 23.9 Å². The number of para-hydroxylation sites is 1.